The third-order valence-electron chi connectivity index (χ3n) is 1.97. The van der Waals surface area contributed by atoms with Crippen LogP contribution < -0.4 is 0 Å². The average Bonchev–Trinajstić information content (AvgIpc) is 2.70. The summed E-state index contributed by atoms with van der Waals surface area (Å²) >= 11 is 0. The van der Waals surface area contributed by atoms with E-state index in [4.69, 9.17) is 9.63 Å². The van der Waals surface area contributed by atoms with Crippen LogP contribution in [-0.4, -0.2) is 15.2 Å². The molecule has 2 rings (SSSR count). The fraction of sp³-hybridized carbons (Fsp3) is 0.200. The topological polar surface area (TPSA) is 59.2 Å². The van der Waals surface area contributed by atoms with Crippen LogP contribution in [0.4, 0.5) is 8.78 Å². The average molecular weight is 226 g/mol. The van der Waals surface area contributed by atoms with Crippen LogP contribution in [-0.2, 0) is 0 Å². The first-order chi connectivity index (χ1) is 7.58. The van der Waals surface area contributed by atoms with Crippen molar-refractivity contribution >= 4 is 0 Å². The molecule has 0 bridgehead atoms. The molecule has 0 aliphatic carbocycles. The van der Waals surface area contributed by atoms with Crippen molar-refractivity contribution in [2.45, 2.75) is 13.0 Å². The molecular formula is C10H8F2N2O2. The number of halogens is 2. The molecule has 0 saturated heterocycles. The number of aliphatic hydroxyl groups is 1. The van der Waals surface area contributed by atoms with E-state index in [9.17, 15) is 8.78 Å². The Balaban J connectivity index is 2.46. The van der Waals surface area contributed by atoms with Crippen LogP contribution >= 0.6 is 0 Å². The maximum Gasteiger partial charge on any atom is 0.261 e. The van der Waals surface area contributed by atoms with E-state index in [0.717, 1.165) is 18.2 Å². The van der Waals surface area contributed by atoms with Crippen LogP contribution in [0.5, 0.6) is 0 Å². The Labute approximate surface area is 89.5 Å². The molecule has 0 spiro atoms. The molecule has 1 heterocycles. The second-order valence-corrected chi connectivity index (χ2v) is 3.26. The van der Waals surface area contributed by atoms with E-state index in [1.165, 1.54) is 6.92 Å². The highest BCUT2D eigenvalue weighted by molar-refractivity contribution is 5.53. The Kier molecular flexibility index (Phi) is 2.66. The Morgan fingerprint density at radius 1 is 1.38 bits per heavy atom. The van der Waals surface area contributed by atoms with Crippen molar-refractivity contribution in [2.75, 3.05) is 0 Å². The van der Waals surface area contributed by atoms with Gasteiger partial charge in [0.25, 0.3) is 5.89 Å². The first-order valence-corrected chi connectivity index (χ1v) is 4.55. The van der Waals surface area contributed by atoms with Gasteiger partial charge < -0.3 is 9.63 Å². The molecule has 0 radical (unpaired) electrons. The van der Waals surface area contributed by atoms with E-state index in [1.807, 2.05) is 0 Å². The summed E-state index contributed by atoms with van der Waals surface area (Å²) < 4.78 is 30.9. The summed E-state index contributed by atoms with van der Waals surface area (Å²) in [5, 5.41) is 12.6. The van der Waals surface area contributed by atoms with Crippen molar-refractivity contribution in [1.29, 1.82) is 0 Å². The zero-order chi connectivity index (χ0) is 11.7. The highest BCUT2D eigenvalue weighted by atomic mass is 19.1. The Morgan fingerprint density at radius 2 is 2.12 bits per heavy atom. The lowest BCUT2D eigenvalue weighted by atomic mass is 10.2. The summed E-state index contributed by atoms with van der Waals surface area (Å²) in [7, 11) is 0. The van der Waals surface area contributed by atoms with E-state index < -0.39 is 17.7 Å². The minimum Gasteiger partial charge on any atom is -0.385 e. The van der Waals surface area contributed by atoms with Gasteiger partial charge >= 0.3 is 0 Å². The summed E-state index contributed by atoms with van der Waals surface area (Å²) in [6.45, 7) is 1.44. The van der Waals surface area contributed by atoms with E-state index in [1.54, 1.807) is 0 Å². The maximum absolute atomic E-state index is 13.3. The van der Waals surface area contributed by atoms with E-state index in [0.29, 0.717) is 0 Å². The van der Waals surface area contributed by atoms with Crippen LogP contribution in [0.1, 0.15) is 18.9 Å². The third kappa shape index (κ3) is 1.92. The van der Waals surface area contributed by atoms with Gasteiger partial charge in [-0.3, -0.25) is 0 Å². The van der Waals surface area contributed by atoms with Crippen molar-refractivity contribution in [3.63, 3.8) is 0 Å². The van der Waals surface area contributed by atoms with Crippen LogP contribution in [0.3, 0.4) is 0 Å². The fourth-order valence-corrected chi connectivity index (χ4v) is 1.18. The molecule has 4 nitrogen and oxygen atoms in total. The lowest BCUT2D eigenvalue weighted by Gasteiger charge is -1.96. The number of hydrogen-bond acceptors (Lipinski definition) is 4. The van der Waals surface area contributed by atoms with E-state index >= 15 is 0 Å². The normalized spacial score (nSPS) is 12.8. The SMILES string of the molecule is CC(O)c1noc(-c2cc(F)ccc2F)n1. The van der Waals surface area contributed by atoms with Gasteiger partial charge in [-0.15, -0.1) is 0 Å². The highest BCUT2D eigenvalue weighted by Gasteiger charge is 2.16. The summed E-state index contributed by atoms with van der Waals surface area (Å²) in [5.74, 6) is -1.40. The van der Waals surface area contributed by atoms with Gasteiger partial charge in [-0.25, -0.2) is 8.78 Å². The van der Waals surface area contributed by atoms with Crippen LogP contribution in [0.2, 0.25) is 0 Å². The first-order valence-electron chi connectivity index (χ1n) is 4.55. The molecule has 0 aliphatic heterocycles. The zero-order valence-electron chi connectivity index (χ0n) is 8.32. The Hall–Kier alpha value is -1.82. The van der Waals surface area contributed by atoms with Crippen molar-refractivity contribution in [3.05, 3.63) is 35.7 Å². The Bertz CT molecular complexity index is 511. The molecule has 1 unspecified atom stereocenters. The molecule has 1 N–H and O–H groups in total. The highest BCUT2D eigenvalue weighted by Crippen LogP contribution is 2.23. The lowest BCUT2D eigenvalue weighted by molar-refractivity contribution is 0.184. The number of aromatic nitrogens is 2. The summed E-state index contributed by atoms with van der Waals surface area (Å²) in [5.41, 5.74) is -0.126. The zero-order valence-corrected chi connectivity index (χ0v) is 8.32. The summed E-state index contributed by atoms with van der Waals surface area (Å²) in [6.07, 6.45) is -0.922. The molecule has 0 fully saturated rings. The van der Waals surface area contributed by atoms with Gasteiger partial charge in [0.1, 0.15) is 17.7 Å². The van der Waals surface area contributed by atoms with Crippen LogP contribution in [0.25, 0.3) is 11.5 Å². The number of hydrogen-bond donors (Lipinski definition) is 1. The molecule has 6 heteroatoms. The van der Waals surface area contributed by atoms with Crippen molar-refractivity contribution in [3.8, 4) is 11.5 Å². The van der Waals surface area contributed by atoms with Crippen LogP contribution in [0.15, 0.2) is 22.7 Å². The third-order valence-corrected chi connectivity index (χ3v) is 1.97. The van der Waals surface area contributed by atoms with Gasteiger partial charge in [-0.05, 0) is 25.1 Å². The predicted molar refractivity (Wildman–Crippen MR) is 50.3 cm³/mol. The maximum atomic E-state index is 13.3. The molecule has 0 aliphatic rings. The molecule has 1 aromatic carbocycles. The number of benzene rings is 1. The van der Waals surface area contributed by atoms with E-state index in [-0.39, 0.29) is 17.3 Å². The van der Waals surface area contributed by atoms with Crippen molar-refractivity contribution < 1.29 is 18.4 Å². The largest absolute Gasteiger partial charge is 0.385 e. The van der Waals surface area contributed by atoms with Crippen molar-refractivity contribution in [1.82, 2.24) is 10.1 Å². The molecular weight excluding hydrogens is 218 g/mol. The summed E-state index contributed by atoms with van der Waals surface area (Å²) in [4.78, 5) is 3.75. The van der Waals surface area contributed by atoms with Gasteiger partial charge in [0, 0.05) is 0 Å². The predicted octanol–water partition coefficient (Wildman–Crippen LogP) is 2.07. The van der Waals surface area contributed by atoms with E-state index in [2.05, 4.69) is 10.1 Å². The molecule has 1 aromatic heterocycles. The molecule has 2 aromatic rings. The second kappa shape index (κ2) is 3.97. The first kappa shape index (κ1) is 10.7. The van der Waals surface area contributed by atoms with Gasteiger partial charge in [0.05, 0.1) is 5.56 Å². The minimum absolute atomic E-state index is 0.0265. The second-order valence-electron chi connectivity index (χ2n) is 3.26. The fourth-order valence-electron chi connectivity index (χ4n) is 1.18. The van der Waals surface area contributed by atoms with Crippen molar-refractivity contribution in [2.24, 2.45) is 0 Å². The minimum atomic E-state index is -0.922. The molecule has 84 valence electrons. The quantitative estimate of drug-likeness (QED) is 0.851. The van der Waals surface area contributed by atoms with Gasteiger partial charge in [0.15, 0.2) is 5.82 Å². The van der Waals surface area contributed by atoms with Gasteiger partial charge in [-0.1, -0.05) is 5.16 Å². The van der Waals surface area contributed by atoms with Gasteiger partial charge in [0.2, 0.25) is 0 Å². The smallest absolute Gasteiger partial charge is 0.261 e. The Morgan fingerprint density at radius 3 is 2.75 bits per heavy atom. The summed E-state index contributed by atoms with van der Waals surface area (Å²) in [6, 6.07) is 2.91. The number of nitrogens with zero attached hydrogens (tertiary/aromatic N) is 2. The lowest BCUT2D eigenvalue weighted by Crippen LogP contribution is -1.93. The molecule has 0 amide bonds. The number of rotatable bonds is 2. The molecule has 0 saturated carbocycles. The monoisotopic (exact) mass is 226 g/mol. The van der Waals surface area contributed by atoms with Crippen LogP contribution in [0, 0.1) is 11.6 Å². The number of aliphatic hydroxyl groups excluding tert-OH is 1. The molecule has 16 heavy (non-hydrogen) atoms. The molecule has 1 atom stereocenters. The standard InChI is InChI=1S/C10H8F2N2O2/c1-5(15)9-13-10(16-14-9)7-4-6(11)2-3-8(7)12/h2-5,15H,1H3. The van der Waals surface area contributed by atoms with Gasteiger partial charge in [-0.2, -0.15) is 4.98 Å².